The van der Waals surface area contributed by atoms with Gasteiger partial charge in [0.25, 0.3) is 0 Å². The third kappa shape index (κ3) is 1.32. The lowest BCUT2D eigenvalue weighted by atomic mass is 9.77. The number of ketones is 1. The Morgan fingerprint density at radius 1 is 1.64 bits per heavy atom. The molecular formula is C9H15NO. The van der Waals surface area contributed by atoms with Crippen molar-refractivity contribution in [1.29, 1.82) is 0 Å². The van der Waals surface area contributed by atoms with E-state index in [2.05, 4.69) is 12.2 Å². The van der Waals surface area contributed by atoms with Gasteiger partial charge < -0.3 is 5.32 Å². The van der Waals surface area contributed by atoms with E-state index in [1.54, 1.807) is 0 Å². The molecule has 2 heterocycles. The Morgan fingerprint density at radius 2 is 2.45 bits per heavy atom. The van der Waals surface area contributed by atoms with Gasteiger partial charge in [-0.1, -0.05) is 6.42 Å². The van der Waals surface area contributed by atoms with E-state index < -0.39 is 0 Å². The number of hydrogen-bond donors (Lipinski definition) is 1. The van der Waals surface area contributed by atoms with Crippen LogP contribution in [-0.4, -0.2) is 17.4 Å². The van der Waals surface area contributed by atoms with Gasteiger partial charge in [0, 0.05) is 24.4 Å². The fraction of sp³-hybridized carbons (Fsp3) is 0.889. The first kappa shape index (κ1) is 7.29. The van der Waals surface area contributed by atoms with Gasteiger partial charge in [0.2, 0.25) is 0 Å². The van der Waals surface area contributed by atoms with Crippen LogP contribution in [0.1, 0.15) is 39.0 Å². The number of hydrogen-bond acceptors (Lipinski definition) is 2. The molecule has 2 bridgehead atoms. The second kappa shape index (κ2) is 2.31. The van der Waals surface area contributed by atoms with Crippen LogP contribution >= 0.6 is 0 Å². The van der Waals surface area contributed by atoms with Crippen LogP contribution in [0.3, 0.4) is 0 Å². The smallest absolute Gasteiger partial charge is 0.136 e. The van der Waals surface area contributed by atoms with E-state index in [9.17, 15) is 4.79 Å². The molecule has 0 aromatic rings. The lowest BCUT2D eigenvalue weighted by molar-refractivity contribution is -0.124. The number of nitrogens with one attached hydrogen (secondary N) is 1. The van der Waals surface area contributed by atoms with Crippen molar-refractivity contribution >= 4 is 5.78 Å². The summed E-state index contributed by atoms with van der Waals surface area (Å²) in [6.45, 7) is 2.18. The van der Waals surface area contributed by atoms with Gasteiger partial charge in [0.15, 0.2) is 0 Å². The highest BCUT2D eigenvalue weighted by Crippen LogP contribution is 2.31. The van der Waals surface area contributed by atoms with E-state index in [1.165, 1.54) is 19.3 Å². The molecule has 0 aliphatic carbocycles. The van der Waals surface area contributed by atoms with Crippen molar-refractivity contribution in [1.82, 2.24) is 5.32 Å². The van der Waals surface area contributed by atoms with Crippen molar-refractivity contribution in [3.8, 4) is 0 Å². The van der Waals surface area contributed by atoms with Gasteiger partial charge in [-0.2, -0.15) is 0 Å². The van der Waals surface area contributed by atoms with Gasteiger partial charge in [-0.15, -0.1) is 0 Å². The number of rotatable bonds is 0. The normalized spacial score (nSPS) is 44.1. The molecule has 2 saturated heterocycles. The Morgan fingerprint density at radius 3 is 3.18 bits per heavy atom. The molecule has 11 heavy (non-hydrogen) atoms. The Balaban J connectivity index is 2.15. The molecule has 2 fully saturated rings. The lowest BCUT2D eigenvalue weighted by Crippen LogP contribution is -2.57. The lowest BCUT2D eigenvalue weighted by Gasteiger charge is -2.43. The fourth-order valence-corrected chi connectivity index (χ4v) is 2.45. The van der Waals surface area contributed by atoms with Crippen molar-refractivity contribution in [3.63, 3.8) is 0 Å². The zero-order valence-corrected chi connectivity index (χ0v) is 7.02. The van der Waals surface area contributed by atoms with Crippen LogP contribution < -0.4 is 5.32 Å². The van der Waals surface area contributed by atoms with Crippen molar-refractivity contribution < 1.29 is 4.79 Å². The summed E-state index contributed by atoms with van der Waals surface area (Å²) in [5, 5.41) is 3.54. The highest BCUT2D eigenvalue weighted by atomic mass is 16.1. The maximum absolute atomic E-state index is 11.2. The van der Waals surface area contributed by atoms with Crippen LogP contribution in [0.4, 0.5) is 0 Å². The zero-order valence-electron chi connectivity index (χ0n) is 7.02. The highest BCUT2D eigenvalue weighted by Gasteiger charge is 2.38. The molecule has 0 radical (unpaired) electrons. The molecule has 2 nitrogen and oxygen atoms in total. The van der Waals surface area contributed by atoms with Crippen LogP contribution in [-0.2, 0) is 4.79 Å². The van der Waals surface area contributed by atoms with Gasteiger partial charge in [-0.25, -0.2) is 0 Å². The van der Waals surface area contributed by atoms with E-state index in [0.717, 1.165) is 12.8 Å². The Hall–Kier alpha value is -0.370. The van der Waals surface area contributed by atoms with Gasteiger partial charge in [-0.3, -0.25) is 4.79 Å². The molecule has 0 aromatic heterocycles. The third-order valence-electron chi connectivity index (χ3n) is 2.90. The van der Waals surface area contributed by atoms with Crippen LogP contribution in [0.2, 0.25) is 0 Å². The summed E-state index contributed by atoms with van der Waals surface area (Å²) in [5.41, 5.74) is 0.151. The Labute approximate surface area is 67.4 Å². The molecule has 2 heteroatoms. The molecule has 0 unspecified atom stereocenters. The Kier molecular flexibility index (Phi) is 1.53. The van der Waals surface area contributed by atoms with Crippen molar-refractivity contribution in [2.45, 2.75) is 50.6 Å². The number of piperidine rings is 2. The number of fused-ring (bicyclic) bond motifs is 2. The zero-order chi connectivity index (χ0) is 7.90. The van der Waals surface area contributed by atoms with Gasteiger partial charge in [-0.05, 0) is 19.8 Å². The predicted octanol–water partition coefficient (Wildman–Crippen LogP) is 1.25. The van der Waals surface area contributed by atoms with Crippen LogP contribution in [0.5, 0.6) is 0 Å². The standard InChI is InChI=1S/C9H15NO/c1-9-4-2-3-7(10-9)5-8(11)6-9/h7,10H,2-6H2,1H3/t7-,9+/m1/s1. The second-order valence-corrected chi connectivity index (χ2v) is 4.21. The maximum Gasteiger partial charge on any atom is 0.136 e. The maximum atomic E-state index is 11.2. The predicted molar refractivity (Wildman–Crippen MR) is 43.4 cm³/mol. The minimum atomic E-state index is 0.151. The van der Waals surface area contributed by atoms with E-state index in [4.69, 9.17) is 0 Å². The minimum absolute atomic E-state index is 0.151. The third-order valence-corrected chi connectivity index (χ3v) is 2.90. The number of Topliss-reactive ketones (excluding diaryl/α,β-unsaturated/α-hetero) is 1. The van der Waals surface area contributed by atoms with Crippen LogP contribution in [0.25, 0.3) is 0 Å². The van der Waals surface area contributed by atoms with Crippen molar-refractivity contribution in [2.75, 3.05) is 0 Å². The first-order valence-electron chi connectivity index (χ1n) is 4.47. The fourth-order valence-electron chi connectivity index (χ4n) is 2.45. The molecule has 1 N–H and O–H groups in total. The summed E-state index contributed by atoms with van der Waals surface area (Å²) in [4.78, 5) is 11.2. The summed E-state index contributed by atoms with van der Waals surface area (Å²) in [5.74, 6) is 0.455. The average Bonchev–Trinajstić information content (AvgIpc) is 1.82. The highest BCUT2D eigenvalue weighted by molar-refractivity contribution is 5.81. The SMILES string of the molecule is C[C@]12CCC[C@H](CC(=O)C1)N2. The van der Waals surface area contributed by atoms with E-state index in [-0.39, 0.29) is 5.54 Å². The molecule has 0 spiro atoms. The summed E-state index contributed by atoms with van der Waals surface area (Å²) >= 11 is 0. The molecule has 2 atom stereocenters. The molecule has 2 aliphatic rings. The molecular weight excluding hydrogens is 138 g/mol. The first-order chi connectivity index (χ1) is 5.18. The summed E-state index contributed by atoms with van der Waals surface area (Å²) in [6.07, 6.45) is 5.19. The van der Waals surface area contributed by atoms with Crippen LogP contribution in [0, 0.1) is 0 Å². The van der Waals surface area contributed by atoms with E-state index in [1.807, 2.05) is 0 Å². The molecule has 0 amide bonds. The number of carbonyl (C=O) groups is 1. The summed E-state index contributed by atoms with van der Waals surface area (Å²) < 4.78 is 0. The minimum Gasteiger partial charge on any atom is -0.308 e. The first-order valence-corrected chi connectivity index (χ1v) is 4.47. The molecule has 2 aliphatic heterocycles. The largest absolute Gasteiger partial charge is 0.308 e. The van der Waals surface area contributed by atoms with Crippen molar-refractivity contribution in [2.24, 2.45) is 0 Å². The molecule has 0 aromatic carbocycles. The van der Waals surface area contributed by atoms with E-state index >= 15 is 0 Å². The van der Waals surface area contributed by atoms with Gasteiger partial charge in [0.1, 0.15) is 5.78 Å². The van der Waals surface area contributed by atoms with E-state index in [0.29, 0.717) is 11.8 Å². The monoisotopic (exact) mass is 153 g/mol. The van der Waals surface area contributed by atoms with Crippen LogP contribution in [0.15, 0.2) is 0 Å². The number of carbonyl (C=O) groups excluding carboxylic acids is 1. The molecule has 2 rings (SSSR count). The summed E-state index contributed by atoms with van der Waals surface area (Å²) in [7, 11) is 0. The van der Waals surface area contributed by atoms with Gasteiger partial charge in [0.05, 0.1) is 0 Å². The van der Waals surface area contributed by atoms with Crippen molar-refractivity contribution in [3.05, 3.63) is 0 Å². The Bertz CT molecular complexity index is 190. The topological polar surface area (TPSA) is 29.1 Å². The summed E-state index contributed by atoms with van der Waals surface area (Å²) in [6, 6.07) is 0.495. The molecule has 0 saturated carbocycles. The molecule has 62 valence electrons. The quantitative estimate of drug-likeness (QED) is 0.567. The van der Waals surface area contributed by atoms with Gasteiger partial charge >= 0.3 is 0 Å². The second-order valence-electron chi connectivity index (χ2n) is 4.21. The average molecular weight is 153 g/mol.